The zero-order chi connectivity index (χ0) is 14.5. The lowest BCUT2D eigenvalue weighted by molar-refractivity contribution is -0.137. The number of carbonyl (C=O) groups excluding carboxylic acids is 1. The Morgan fingerprint density at radius 3 is 2.65 bits per heavy atom. The van der Waals surface area contributed by atoms with Crippen molar-refractivity contribution in [3.8, 4) is 5.75 Å². The Morgan fingerprint density at radius 1 is 1.40 bits per heavy atom. The topological polar surface area (TPSA) is 76.0 Å². The Hall–Kier alpha value is -1.82. The van der Waals surface area contributed by atoms with Crippen molar-refractivity contribution < 1.29 is 19.4 Å². The zero-order valence-electron chi connectivity index (χ0n) is 11.0. The number of carboxylic acid groups (broad SMARTS) is 1. The molecule has 0 saturated carbocycles. The van der Waals surface area contributed by atoms with Crippen LogP contribution in [-0.4, -0.2) is 40.3 Å². The number of carboxylic acids is 1. The average molecular weight is 293 g/mol. The highest BCUT2D eigenvalue weighted by Crippen LogP contribution is 2.22. The van der Waals surface area contributed by atoms with Gasteiger partial charge in [0.1, 0.15) is 5.75 Å². The van der Waals surface area contributed by atoms with Gasteiger partial charge >= 0.3 is 5.97 Å². The first-order chi connectivity index (χ1) is 9.60. The number of Topliss-reactive ketones (excluding diaryl/α,β-unsaturated/α-hetero) is 1. The van der Waals surface area contributed by atoms with E-state index in [0.29, 0.717) is 23.0 Å². The first kappa shape index (κ1) is 14.6. The SMILES string of the molecule is CCOc1ccc(C(=O)CC2=NC(C(=O)O)CS2)cc1. The molecular weight excluding hydrogens is 278 g/mol. The van der Waals surface area contributed by atoms with Gasteiger partial charge in [0.05, 0.1) is 18.1 Å². The van der Waals surface area contributed by atoms with Crippen LogP contribution < -0.4 is 4.74 Å². The van der Waals surface area contributed by atoms with Gasteiger partial charge in [-0.25, -0.2) is 4.79 Å². The van der Waals surface area contributed by atoms with Crippen LogP contribution in [0.2, 0.25) is 0 Å². The second-order valence-corrected chi connectivity index (χ2v) is 5.34. The molecule has 0 aliphatic carbocycles. The third-order valence-corrected chi connectivity index (χ3v) is 3.86. The van der Waals surface area contributed by atoms with Gasteiger partial charge in [-0.2, -0.15) is 0 Å². The summed E-state index contributed by atoms with van der Waals surface area (Å²) in [5.74, 6) is 0.121. The number of hydrogen-bond donors (Lipinski definition) is 1. The quantitative estimate of drug-likeness (QED) is 0.814. The second kappa shape index (κ2) is 6.56. The lowest BCUT2D eigenvalue weighted by Crippen LogP contribution is -2.17. The number of nitrogens with zero attached hydrogens (tertiary/aromatic N) is 1. The predicted molar refractivity (Wildman–Crippen MR) is 77.9 cm³/mol. The van der Waals surface area contributed by atoms with Crippen molar-refractivity contribution in [1.82, 2.24) is 0 Å². The van der Waals surface area contributed by atoms with Crippen LogP contribution >= 0.6 is 11.8 Å². The maximum Gasteiger partial charge on any atom is 0.329 e. The van der Waals surface area contributed by atoms with Crippen LogP contribution in [0.3, 0.4) is 0 Å². The monoisotopic (exact) mass is 293 g/mol. The van der Waals surface area contributed by atoms with E-state index in [9.17, 15) is 9.59 Å². The van der Waals surface area contributed by atoms with Crippen LogP contribution in [0.1, 0.15) is 23.7 Å². The standard InChI is InChI=1S/C14H15NO4S/c1-2-19-10-5-3-9(4-6-10)12(16)7-13-15-11(8-20-13)14(17)18/h3-6,11H,2,7-8H2,1H3,(H,17,18). The summed E-state index contributed by atoms with van der Waals surface area (Å²) in [6.07, 6.45) is 0.155. The Morgan fingerprint density at radius 2 is 2.10 bits per heavy atom. The molecule has 1 unspecified atom stereocenters. The maximum atomic E-state index is 12.1. The molecule has 6 heteroatoms. The summed E-state index contributed by atoms with van der Waals surface area (Å²) in [6, 6.07) is 6.20. The molecule has 0 bridgehead atoms. The van der Waals surface area contributed by atoms with Gasteiger partial charge in [0.15, 0.2) is 11.8 Å². The van der Waals surface area contributed by atoms with Gasteiger partial charge in [0, 0.05) is 11.3 Å². The summed E-state index contributed by atoms with van der Waals surface area (Å²) >= 11 is 1.34. The molecule has 1 aliphatic rings. The molecule has 1 N–H and O–H groups in total. The van der Waals surface area contributed by atoms with Crippen molar-refractivity contribution >= 4 is 28.6 Å². The van der Waals surface area contributed by atoms with E-state index in [1.165, 1.54) is 11.8 Å². The van der Waals surface area contributed by atoms with Gasteiger partial charge in [0.2, 0.25) is 0 Å². The summed E-state index contributed by atoms with van der Waals surface area (Å²) in [6.45, 7) is 2.48. The van der Waals surface area contributed by atoms with E-state index in [-0.39, 0.29) is 12.2 Å². The summed E-state index contributed by atoms with van der Waals surface area (Å²) in [7, 11) is 0. The maximum absolute atomic E-state index is 12.1. The number of benzene rings is 1. The Bertz CT molecular complexity index is 539. The van der Waals surface area contributed by atoms with E-state index in [1.54, 1.807) is 24.3 Å². The molecule has 0 amide bonds. The van der Waals surface area contributed by atoms with Crippen molar-refractivity contribution in [2.24, 2.45) is 4.99 Å². The number of aliphatic carboxylic acids is 1. The number of hydrogen-bond acceptors (Lipinski definition) is 5. The summed E-state index contributed by atoms with van der Waals surface area (Å²) < 4.78 is 5.31. The summed E-state index contributed by atoms with van der Waals surface area (Å²) in [4.78, 5) is 26.9. The fourth-order valence-electron chi connectivity index (χ4n) is 1.79. The molecule has 0 spiro atoms. The van der Waals surface area contributed by atoms with E-state index < -0.39 is 12.0 Å². The van der Waals surface area contributed by atoms with Gasteiger partial charge in [0.25, 0.3) is 0 Å². The largest absolute Gasteiger partial charge is 0.494 e. The van der Waals surface area contributed by atoms with Crippen LogP contribution in [0, 0.1) is 0 Å². The van der Waals surface area contributed by atoms with Crippen molar-refractivity contribution in [1.29, 1.82) is 0 Å². The molecule has 2 rings (SSSR count). The van der Waals surface area contributed by atoms with E-state index in [1.807, 2.05) is 6.92 Å². The minimum atomic E-state index is -0.944. The third kappa shape index (κ3) is 3.60. The Balaban J connectivity index is 1.98. The zero-order valence-corrected chi connectivity index (χ0v) is 11.9. The van der Waals surface area contributed by atoms with Crippen molar-refractivity contribution in [3.63, 3.8) is 0 Å². The molecule has 5 nitrogen and oxygen atoms in total. The third-order valence-electron chi connectivity index (χ3n) is 2.79. The van der Waals surface area contributed by atoms with E-state index in [0.717, 1.165) is 5.75 Å². The molecule has 0 radical (unpaired) electrons. The molecule has 1 atom stereocenters. The van der Waals surface area contributed by atoms with Crippen LogP contribution in [0.15, 0.2) is 29.3 Å². The number of thioether (sulfide) groups is 1. The number of rotatable bonds is 6. The van der Waals surface area contributed by atoms with E-state index in [4.69, 9.17) is 9.84 Å². The highest BCUT2D eigenvalue weighted by molar-refractivity contribution is 8.14. The molecule has 0 fully saturated rings. The molecule has 20 heavy (non-hydrogen) atoms. The van der Waals surface area contributed by atoms with Gasteiger partial charge in [-0.15, -0.1) is 11.8 Å². The fourth-order valence-corrected chi connectivity index (χ4v) is 2.79. The van der Waals surface area contributed by atoms with Crippen molar-refractivity contribution in [2.45, 2.75) is 19.4 Å². The van der Waals surface area contributed by atoms with E-state index >= 15 is 0 Å². The van der Waals surface area contributed by atoms with Gasteiger partial charge in [-0.05, 0) is 31.2 Å². The molecule has 1 aromatic carbocycles. The number of ketones is 1. The van der Waals surface area contributed by atoms with Crippen LogP contribution in [-0.2, 0) is 4.79 Å². The first-order valence-corrected chi connectivity index (χ1v) is 7.27. The summed E-state index contributed by atoms with van der Waals surface area (Å²) in [5, 5.41) is 9.44. The smallest absolute Gasteiger partial charge is 0.329 e. The average Bonchev–Trinajstić information content (AvgIpc) is 2.88. The van der Waals surface area contributed by atoms with E-state index in [2.05, 4.69) is 4.99 Å². The Labute approximate surface area is 121 Å². The van der Waals surface area contributed by atoms with Gasteiger partial charge in [-0.3, -0.25) is 9.79 Å². The number of ether oxygens (including phenoxy) is 1. The van der Waals surface area contributed by atoms with Crippen molar-refractivity contribution in [2.75, 3.05) is 12.4 Å². The predicted octanol–water partition coefficient (Wildman–Crippen LogP) is 2.26. The molecule has 1 heterocycles. The fraction of sp³-hybridized carbons (Fsp3) is 0.357. The lowest BCUT2D eigenvalue weighted by atomic mass is 10.1. The van der Waals surface area contributed by atoms with Crippen molar-refractivity contribution in [3.05, 3.63) is 29.8 Å². The minimum absolute atomic E-state index is 0.0645. The van der Waals surface area contributed by atoms with Crippen LogP contribution in [0.5, 0.6) is 5.75 Å². The molecule has 1 aliphatic heterocycles. The first-order valence-electron chi connectivity index (χ1n) is 6.28. The minimum Gasteiger partial charge on any atom is -0.494 e. The van der Waals surface area contributed by atoms with Crippen LogP contribution in [0.25, 0.3) is 0 Å². The molecule has 1 aromatic rings. The summed E-state index contributed by atoms with van der Waals surface area (Å²) in [5.41, 5.74) is 0.579. The Kier molecular flexibility index (Phi) is 4.79. The lowest BCUT2D eigenvalue weighted by Gasteiger charge is -2.04. The van der Waals surface area contributed by atoms with Gasteiger partial charge < -0.3 is 9.84 Å². The van der Waals surface area contributed by atoms with Gasteiger partial charge in [-0.1, -0.05) is 0 Å². The number of aliphatic imine (C=N–C) groups is 1. The number of carbonyl (C=O) groups is 2. The molecule has 0 aromatic heterocycles. The second-order valence-electron chi connectivity index (χ2n) is 4.25. The highest BCUT2D eigenvalue weighted by atomic mass is 32.2. The molecule has 0 saturated heterocycles. The molecule has 106 valence electrons. The van der Waals surface area contributed by atoms with Crippen LogP contribution in [0.4, 0.5) is 0 Å². The normalized spacial score (nSPS) is 17.6. The highest BCUT2D eigenvalue weighted by Gasteiger charge is 2.25. The molecular formula is C14H15NO4S.